The van der Waals surface area contributed by atoms with Gasteiger partial charge in [-0.3, -0.25) is 9.69 Å². The highest BCUT2D eigenvalue weighted by Gasteiger charge is 2.38. The fourth-order valence-corrected chi connectivity index (χ4v) is 5.55. The Morgan fingerprint density at radius 1 is 1.11 bits per heavy atom. The molecule has 2 aliphatic rings. The van der Waals surface area contributed by atoms with Crippen molar-refractivity contribution in [2.45, 2.75) is 56.7 Å². The predicted octanol–water partition coefficient (Wildman–Crippen LogP) is 3.75. The summed E-state index contributed by atoms with van der Waals surface area (Å²) in [5.74, 6) is 1.51. The van der Waals surface area contributed by atoms with E-state index in [-0.39, 0.29) is 30.8 Å². The number of amides is 1. The number of hydrogen-bond acceptors (Lipinski definition) is 8. The number of carbonyl (C=O) groups is 1. The topological polar surface area (TPSA) is 93.2 Å². The van der Waals surface area contributed by atoms with Gasteiger partial charge in [-0.2, -0.15) is 0 Å². The summed E-state index contributed by atoms with van der Waals surface area (Å²) in [6, 6.07) is 17.5. The number of hydrogen-bond donors (Lipinski definition) is 2. The van der Waals surface area contributed by atoms with Crippen LogP contribution in [-0.2, 0) is 27.4 Å². The van der Waals surface area contributed by atoms with E-state index in [2.05, 4.69) is 15.2 Å². The third kappa shape index (κ3) is 7.37. The summed E-state index contributed by atoms with van der Waals surface area (Å²) in [7, 11) is 0. The molecular formula is C28H33N3O5S. The maximum atomic E-state index is 12.7. The molecule has 0 saturated carbocycles. The zero-order chi connectivity index (χ0) is 25.5. The second-order valence-corrected chi connectivity index (χ2v) is 10.5. The van der Waals surface area contributed by atoms with E-state index in [9.17, 15) is 9.90 Å². The molecule has 37 heavy (non-hydrogen) atoms. The van der Waals surface area contributed by atoms with Crippen LogP contribution in [0.2, 0.25) is 0 Å². The van der Waals surface area contributed by atoms with Crippen molar-refractivity contribution in [3.8, 4) is 11.5 Å². The number of carbonyl (C=O) groups excluding carboxylic acids is 1. The summed E-state index contributed by atoms with van der Waals surface area (Å²) in [5.41, 5.74) is 1.00. The third-order valence-corrected chi connectivity index (χ3v) is 7.48. The molecule has 9 heteroatoms. The van der Waals surface area contributed by atoms with Crippen LogP contribution in [0.1, 0.15) is 29.8 Å². The molecule has 2 aliphatic heterocycles. The van der Waals surface area contributed by atoms with Gasteiger partial charge in [-0.15, -0.1) is 11.3 Å². The number of rotatable bonds is 8. The van der Waals surface area contributed by atoms with Gasteiger partial charge >= 0.3 is 0 Å². The van der Waals surface area contributed by atoms with Crippen molar-refractivity contribution in [1.29, 1.82) is 0 Å². The average molecular weight is 524 g/mol. The molecule has 1 amide bonds. The highest BCUT2D eigenvalue weighted by atomic mass is 32.1. The van der Waals surface area contributed by atoms with E-state index in [4.69, 9.17) is 14.2 Å². The van der Waals surface area contributed by atoms with Gasteiger partial charge in [0.15, 0.2) is 0 Å². The van der Waals surface area contributed by atoms with Gasteiger partial charge in [0, 0.05) is 30.7 Å². The Hall–Kier alpha value is -2.82. The van der Waals surface area contributed by atoms with Gasteiger partial charge in [-0.1, -0.05) is 30.3 Å². The molecule has 3 aromatic rings. The normalized spacial score (nSPS) is 24.5. The number of fused-ring (bicyclic) bond motifs is 1. The number of aliphatic hydroxyl groups excluding tert-OH is 1. The van der Waals surface area contributed by atoms with Crippen molar-refractivity contribution in [1.82, 2.24) is 15.2 Å². The number of benzene rings is 2. The zero-order valence-corrected chi connectivity index (χ0v) is 21.5. The molecule has 2 aromatic carbocycles. The highest BCUT2D eigenvalue weighted by Crippen LogP contribution is 2.29. The van der Waals surface area contributed by atoms with Crippen molar-refractivity contribution in [2.75, 3.05) is 19.8 Å². The van der Waals surface area contributed by atoms with Crippen LogP contribution < -0.4 is 10.1 Å². The first-order valence-electron chi connectivity index (χ1n) is 12.7. The van der Waals surface area contributed by atoms with Crippen LogP contribution >= 0.6 is 11.3 Å². The van der Waals surface area contributed by atoms with Crippen LogP contribution in [0.5, 0.6) is 11.5 Å². The third-order valence-electron chi connectivity index (χ3n) is 6.71. The Kier molecular flexibility index (Phi) is 8.80. The molecule has 2 N–H and O–H groups in total. The second-order valence-electron chi connectivity index (χ2n) is 9.53. The van der Waals surface area contributed by atoms with Gasteiger partial charge in [0.25, 0.3) is 0 Å². The van der Waals surface area contributed by atoms with Crippen LogP contribution in [0.25, 0.3) is 0 Å². The van der Waals surface area contributed by atoms with Crippen molar-refractivity contribution >= 4 is 17.2 Å². The zero-order valence-electron chi connectivity index (χ0n) is 20.7. The first-order valence-corrected chi connectivity index (χ1v) is 13.6. The lowest BCUT2D eigenvalue weighted by atomic mass is 9.94. The van der Waals surface area contributed by atoms with Gasteiger partial charge in [0.1, 0.15) is 16.5 Å². The van der Waals surface area contributed by atoms with Crippen LogP contribution in [0.4, 0.5) is 0 Å². The minimum Gasteiger partial charge on any atom is -0.457 e. The van der Waals surface area contributed by atoms with Gasteiger partial charge in [-0.05, 0) is 42.7 Å². The number of aromatic nitrogens is 1. The molecule has 3 heterocycles. The monoisotopic (exact) mass is 523 g/mol. The summed E-state index contributed by atoms with van der Waals surface area (Å²) in [6.45, 7) is 2.34. The van der Waals surface area contributed by atoms with Crippen LogP contribution in [0.3, 0.4) is 0 Å². The van der Waals surface area contributed by atoms with Crippen molar-refractivity contribution in [2.24, 2.45) is 0 Å². The molecular weight excluding hydrogens is 490 g/mol. The molecule has 1 aromatic heterocycles. The van der Waals surface area contributed by atoms with Gasteiger partial charge < -0.3 is 24.6 Å². The molecule has 0 radical (unpaired) electrons. The Bertz CT molecular complexity index is 1110. The summed E-state index contributed by atoms with van der Waals surface area (Å²) in [4.78, 5) is 19.4. The molecule has 0 aliphatic carbocycles. The maximum absolute atomic E-state index is 12.7. The van der Waals surface area contributed by atoms with Gasteiger partial charge in [-0.25, -0.2) is 4.98 Å². The Labute approximate surface area is 221 Å². The van der Waals surface area contributed by atoms with E-state index in [1.807, 2.05) is 60.0 Å². The number of nitrogens with one attached hydrogen (secondary N) is 1. The fourth-order valence-electron chi connectivity index (χ4n) is 4.91. The lowest BCUT2D eigenvalue weighted by Crippen LogP contribution is -2.55. The SMILES string of the molecule is O=C(C[C@H]1CC[C@@H]2[C@H](COC[C@@H](O)CN2Cc2nccs2)O1)NCc1ccc(Oc2ccccc2)cc1. The van der Waals surface area contributed by atoms with E-state index < -0.39 is 6.10 Å². The molecule has 5 rings (SSSR count). The summed E-state index contributed by atoms with van der Waals surface area (Å²) >= 11 is 1.62. The number of thiazole rings is 1. The van der Waals surface area contributed by atoms with Gasteiger partial charge in [0.05, 0.1) is 44.5 Å². The molecule has 0 bridgehead atoms. The van der Waals surface area contributed by atoms with Crippen LogP contribution in [0, 0.1) is 0 Å². The van der Waals surface area contributed by atoms with Crippen LogP contribution in [0.15, 0.2) is 66.2 Å². The molecule has 2 fully saturated rings. The molecule has 4 atom stereocenters. The molecule has 8 nitrogen and oxygen atoms in total. The minimum absolute atomic E-state index is 0.0325. The van der Waals surface area contributed by atoms with Gasteiger partial charge in [0.2, 0.25) is 5.91 Å². The number of aliphatic hydroxyl groups is 1. The lowest BCUT2D eigenvalue weighted by Gasteiger charge is -2.44. The maximum Gasteiger partial charge on any atom is 0.222 e. The van der Waals surface area contributed by atoms with Crippen molar-refractivity contribution < 1.29 is 24.1 Å². The van der Waals surface area contributed by atoms with E-state index in [0.29, 0.717) is 32.7 Å². The largest absolute Gasteiger partial charge is 0.457 e. The van der Waals surface area contributed by atoms with E-state index in [0.717, 1.165) is 34.9 Å². The predicted molar refractivity (Wildman–Crippen MR) is 140 cm³/mol. The summed E-state index contributed by atoms with van der Waals surface area (Å²) < 4.78 is 17.9. The fraction of sp³-hybridized carbons (Fsp3) is 0.429. The second kappa shape index (κ2) is 12.6. The quantitative estimate of drug-likeness (QED) is 0.465. The minimum atomic E-state index is -0.539. The first kappa shape index (κ1) is 25.8. The molecule has 0 unspecified atom stereocenters. The van der Waals surface area contributed by atoms with Crippen LogP contribution in [-0.4, -0.2) is 65.0 Å². The van der Waals surface area contributed by atoms with Crippen molar-refractivity contribution in [3.63, 3.8) is 0 Å². The summed E-state index contributed by atoms with van der Waals surface area (Å²) in [5, 5.41) is 16.3. The molecule has 196 valence electrons. The van der Waals surface area contributed by atoms with E-state index in [1.165, 1.54) is 0 Å². The Morgan fingerprint density at radius 3 is 2.70 bits per heavy atom. The van der Waals surface area contributed by atoms with E-state index in [1.54, 1.807) is 17.5 Å². The number of β-amino-alcohol motifs (C(OH)–C–C–N with tert-alkyl or cyclic N) is 1. The standard InChI is InChI=1S/C28H33N3O5S/c32-21-16-31(17-28-29-12-13-37-28)25-11-10-24(36-26(25)19-34-18-21)14-27(33)30-15-20-6-8-23(9-7-20)35-22-4-2-1-3-5-22/h1-9,12-13,21,24-26,32H,10-11,14-19H2,(H,30,33)/t21-,24+,25+,26-/m0/s1. The smallest absolute Gasteiger partial charge is 0.222 e. The summed E-state index contributed by atoms with van der Waals surface area (Å²) in [6.07, 6.45) is 2.95. The Balaban J connectivity index is 1.10. The first-order chi connectivity index (χ1) is 18.1. The average Bonchev–Trinajstić information content (AvgIpc) is 3.41. The van der Waals surface area contributed by atoms with Crippen molar-refractivity contribution in [3.05, 3.63) is 76.7 Å². The number of nitrogens with zero attached hydrogens (tertiary/aromatic N) is 2. The van der Waals surface area contributed by atoms with E-state index >= 15 is 0 Å². The highest BCUT2D eigenvalue weighted by molar-refractivity contribution is 7.09. The number of para-hydroxylation sites is 1. The lowest BCUT2D eigenvalue weighted by molar-refractivity contribution is -0.158. The molecule has 2 saturated heterocycles. The number of ether oxygens (including phenoxy) is 3. The molecule has 0 spiro atoms. The Morgan fingerprint density at radius 2 is 1.92 bits per heavy atom.